The van der Waals surface area contributed by atoms with E-state index < -0.39 is 29.9 Å². The average Bonchev–Trinajstić information content (AvgIpc) is 3.23. The van der Waals surface area contributed by atoms with Crippen LogP contribution in [0, 0.1) is 5.92 Å². The first kappa shape index (κ1) is 25.0. The van der Waals surface area contributed by atoms with Crippen LogP contribution in [0.1, 0.15) is 36.6 Å². The predicted molar refractivity (Wildman–Crippen MR) is 128 cm³/mol. The van der Waals surface area contributed by atoms with Crippen molar-refractivity contribution >= 4 is 34.9 Å². The van der Waals surface area contributed by atoms with Gasteiger partial charge in [-0.15, -0.1) is 0 Å². The summed E-state index contributed by atoms with van der Waals surface area (Å²) in [6, 6.07) is 6.99. The normalized spacial score (nSPS) is 20.5. The number of allylic oxidation sites excluding steroid dienone is 2. The minimum absolute atomic E-state index is 0.120. The molecule has 2 aromatic rings. The summed E-state index contributed by atoms with van der Waals surface area (Å²) in [4.78, 5) is 51.4. The number of fused-ring (bicyclic) bond motifs is 6. The van der Waals surface area contributed by atoms with Crippen LogP contribution >= 0.6 is 0 Å². The van der Waals surface area contributed by atoms with Gasteiger partial charge in [0.05, 0.1) is 51.0 Å². The highest BCUT2D eigenvalue weighted by Gasteiger charge is 2.48. The Kier molecular flexibility index (Phi) is 7.14. The number of ether oxygens (including phenoxy) is 4. The van der Waals surface area contributed by atoms with E-state index in [4.69, 9.17) is 18.9 Å². The quantitative estimate of drug-likeness (QED) is 0.338. The predicted octanol–water partition coefficient (Wildman–Crippen LogP) is 3.07. The Labute approximate surface area is 208 Å². The molecule has 0 radical (unpaired) electrons. The maximum atomic E-state index is 13.2. The van der Waals surface area contributed by atoms with Gasteiger partial charge in [0.2, 0.25) is 0 Å². The monoisotopic (exact) mass is 496 g/mol. The fraction of sp³-hybridized carbons (Fsp3) is 0.385. The third kappa shape index (κ3) is 4.34. The SMILES string of the molecule is COC(=O)/C=C/C1=CN(CCOC(C)=O)[C@@H]2C[C@H]1[C@@H](C(=O)OC)c1c2n(C(=O)OC)c2ccccc12. The number of para-hydroxylation sites is 1. The molecule has 1 aromatic heterocycles. The van der Waals surface area contributed by atoms with E-state index in [9.17, 15) is 19.2 Å². The summed E-state index contributed by atoms with van der Waals surface area (Å²) >= 11 is 0. The van der Waals surface area contributed by atoms with Gasteiger partial charge >= 0.3 is 24.0 Å². The Morgan fingerprint density at radius 2 is 1.81 bits per heavy atom. The number of rotatable bonds is 6. The van der Waals surface area contributed by atoms with Gasteiger partial charge in [-0.1, -0.05) is 24.3 Å². The molecule has 0 amide bonds. The van der Waals surface area contributed by atoms with Crippen LogP contribution in [0.3, 0.4) is 0 Å². The lowest BCUT2D eigenvalue weighted by atomic mass is 9.69. The third-order valence-electron chi connectivity index (χ3n) is 6.68. The standard InChI is InChI=1S/C26H28N2O8/c1-15(29)36-12-11-27-14-16(9-10-21(30)33-2)18-13-20(27)24-22(23(18)25(31)34-3)17-7-5-6-8-19(17)28(24)26(32)35-4/h5-10,14,18,20,23H,11-13H2,1-4H3/b10-9+/t18-,20-,23-/m1/s1. The van der Waals surface area contributed by atoms with Gasteiger partial charge in [0.15, 0.2) is 0 Å². The minimum atomic E-state index is -0.721. The third-order valence-corrected chi connectivity index (χ3v) is 6.68. The number of hydrogen-bond donors (Lipinski definition) is 0. The number of benzene rings is 1. The second kappa shape index (κ2) is 10.3. The molecule has 2 bridgehead atoms. The molecule has 190 valence electrons. The van der Waals surface area contributed by atoms with Crippen LogP contribution in [0.25, 0.3) is 10.9 Å². The van der Waals surface area contributed by atoms with Crippen LogP contribution in [-0.2, 0) is 33.3 Å². The first-order valence-electron chi connectivity index (χ1n) is 11.5. The number of carbonyl (C=O) groups is 4. The summed E-state index contributed by atoms with van der Waals surface area (Å²) in [6.45, 7) is 1.79. The lowest BCUT2D eigenvalue weighted by molar-refractivity contribution is -0.144. The highest BCUT2D eigenvalue weighted by Crippen LogP contribution is 2.53. The average molecular weight is 497 g/mol. The molecule has 2 heterocycles. The summed E-state index contributed by atoms with van der Waals surface area (Å²) < 4.78 is 21.8. The summed E-state index contributed by atoms with van der Waals surface area (Å²) in [7, 11) is 3.92. The fourth-order valence-electron chi connectivity index (χ4n) is 5.24. The Balaban J connectivity index is 1.95. The van der Waals surface area contributed by atoms with Crippen molar-refractivity contribution in [2.45, 2.75) is 25.3 Å². The van der Waals surface area contributed by atoms with Crippen LogP contribution < -0.4 is 0 Å². The summed E-state index contributed by atoms with van der Waals surface area (Å²) in [5.74, 6) is -2.44. The molecule has 10 heteroatoms. The van der Waals surface area contributed by atoms with Crippen molar-refractivity contribution in [2.24, 2.45) is 5.92 Å². The van der Waals surface area contributed by atoms with Gasteiger partial charge in [0, 0.05) is 30.5 Å². The highest BCUT2D eigenvalue weighted by molar-refractivity contribution is 5.98. The van der Waals surface area contributed by atoms with Gasteiger partial charge < -0.3 is 23.8 Å². The molecule has 0 saturated carbocycles. The van der Waals surface area contributed by atoms with Crippen LogP contribution in [0.4, 0.5) is 4.79 Å². The molecule has 36 heavy (non-hydrogen) atoms. The molecule has 0 unspecified atom stereocenters. The molecule has 0 N–H and O–H groups in total. The van der Waals surface area contributed by atoms with Crippen molar-refractivity contribution in [3.05, 3.63) is 59.4 Å². The number of nitrogens with zero attached hydrogens (tertiary/aromatic N) is 2. The van der Waals surface area contributed by atoms with Crippen molar-refractivity contribution in [1.29, 1.82) is 0 Å². The molecule has 4 rings (SSSR count). The molecule has 0 fully saturated rings. The Bertz CT molecular complexity index is 1270. The van der Waals surface area contributed by atoms with Crippen molar-refractivity contribution in [1.82, 2.24) is 9.47 Å². The summed E-state index contributed by atoms with van der Waals surface area (Å²) in [6.07, 6.45) is 4.65. The van der Waals surface area contributed by atoms with Gasteiger partial charge in [-0.2, -0.15) is 0 Å². The minimum Gasteiger partial charge on any atom is -0.469 e. The number of carbonyl (C=O) groups excluding carboxylic acids is 4. The summed E-state index contributed by atoms with van der Waals surface area (Å²) in [5, 5.41) is 0.737. The maximum Gasteiger partial charge on any atom is 0.418 e. The van der Waals surface area contributed by atoms with Crippen molar-refractivity contribution in [3.63, 3.8) is 0 Å². The number of hydrogen-bond acceptors (Lipinski definition) is 9. The lowest BCUT2D eigenvalue weighted by Crippen LogP contribution is -2.42. The van der Waals surface area contributed by atoms with E-state index in [2.05, 4.69) is 0 Å². The second-order valence-electron chi connectivity index (χ2n) is 8.54. The molecular formula is C26H28N2O8. The summed E-state index contributed by atoms with van der Waals surface area (Å²) in [5.41, 5.74) is 2.64. The topological polar surface area (TPSA) is 113 Å². The maximum absolute atomic E-state index is 13.2. The molecule has 1 aliphatic carbocycles. The van der Waals surface area contributed by atoms with Gasteiger partial charge in [0.1, 0.15) is 6.61 Å². The van der Waals surface area contributed by atoms with E-state index in [0.29, 0.717) is 29.7 Å². The zero-order chi connectivity index (χ0) is 26.0. The molecule has 1 aliphatic heterocycles. The highest BCUT2D eigenvalue weighted by atomic mass is 16.5. The molecule has 10 nitrogen and oxygen atoms in total. The lowest BCUT2D eigenvalue weighted by Gasteiger charge is -2.45. The molecule has 2 aliphatic rings. The Morgan fingerprint density at radius 3 is 2.47 bits per heavy atom. The zero-order valence-corrected chi connectivity index (χ0v) is 20.6. The van der Waals surface area contributed by atoms with E-state index in [0.717, 1.165) is 11.0 Å². The molecule has 3 atom stereocenters. The molecule has 0 spiro atoms. The fourth-order valence-corrected chi connectivity index (χ4v) is 5.24. The smallest absolute Gasteiger partial charge is 0.418 e. The molecular weight excluding hydrogens is 468 g/mol. The van der Waals surface area contributed by atoms with E-state index in [1.165, 1.54) is 38.9 Å². The van der Waals surface area contributed by atoms with E-state index in [-0.39, 0.29) is 18.6 Å². The first-order chi connectivity index (χ1) is 17.3. The second-order valence-corrected chi connectivity index (χ2v) is 8.54. The van der Waals surface area contributed by atoms with Gasteiger partial charge in [-0.25, -0.2) is 14.2 Å². The van der Waals surface area contributed by atoms with Gasteiger partial charge in [-0.3, -0.25) is 9.59 Å². The number of methoxy groups -OCH3 is 3. The van der Waals surface area contributed by atoms with E-state index in [1.807, 2.05) is 29.3 Å². The number of esters is 3. The Hall–Kier alpha value is -4.08. The van der Waals surface area contributed by atoms with Crippen LogP contribution in [0.2, 0.25) is 0 Å². The molecule has 1 aromatic carbocycles. The van der Waals surface area contributed by atoms with Crippen molar-refractivity contribution < 1.29 is 38.1 Å². The van der Waals surface area contributed by atoms with Crippen molar-refractivity contribution in [2.75, 3.05) is 34.5 Å². The van der Waals surface area contributed by atoms with Crippen LogP contribution in [0.5, 0.6) is 0 Å². The largest absolute Gasteiger partial charge is 0.469 e. The Morgan fingerprint density at radius 1 is 1.06 bits per heavy atom. The van der Waals surface area contributed by atoms with Gasteiger partial charge in [0.25, 0.3) is 0 Å². The van der Waals surface area contributed by atoms with Gasteiger partial charge in [-0.05, 0) is 23.6 Å². The number of aromatic nitrogens is 1. The van der Waals surface area contributed by atoms with Crippen molar-refractivity contribution in [3.8, 4) is 0 Å². The first-order valence-corrected chi connectivity index (χ1v) is 11.5. The van der Waals surface area contributed by atoms with E-state index >= 15 is 0 Å². The van der Waals surface area contributed by atoms with Crippen LogP contribution in [0.15, 0.2) is 48.2 Å². The van der Waals surface area contributed by atoms with E-state index in [1.54, 1.807) is 12.1 Å². The van der Waals surface area contributed by atoms with Crippen LogP contribution in [-0.4, -0.2) is 67.9 Å². The molecule has 0 saturated heterocycles. The zero-order valence-electron chi connectivity index (χ0n) is 20.6.